The smallest absolute Gasteiger partial charge is 0.319 e. The number of hydrogen-bond donors (Lipinski definition) is 2. The number of carbonyl (C=O) groups is 1. The Bertz CT molecular complexity index is 529. The number of anilines is 1. The quantitative estimate of drug-likeness (QED) is 0.768. The second-order valence-corrected chi connectivity index (χ2v) is 6.04. The number of rotatable bonds is 6. The summed E-state index contributed by atoms with van der Waals surface area (Å²) < 4.78 is 6.21. The van der Waals surface area contributed by atoms with Gasteiger partial charge in [0.15, 0.2) is 0 Å². The van der Waals surface area contributed by atoms with Crippen molar-refractivity contribution in [2.24, 2.45) is 0 Å². The summed E-state index contributed by atoms with van der Waals surface area (Å²) in [5, 5.41) is 5.59. The van der Waals surface area contributed by atoms with Crippen LogP contribution in [0.4, 0.5) is 10.5 Å². The lowest BCUT2D eigenvalue weighted by Crippen LogP contribution is -2.30. The Morgan fingerprint density at radius 1 is 1.25 bits per heavy atom. The molecule has 1 aromatic carbocycles. The summed E-state index contributed by atoms with van der Waals surface area (Å²) in [5.74, 6) is 2.62. The van der Waals surface area contributed by atoms with Crippen LogP contribution in [0.3, 0.4) is 0 Å². The highest BCUT2D eigenvalue weighted by Gasteiger charge is 2.01. The highest BCUT2D eigenvalue weighted by Crippen LogP contribution is 2.14. The van der Waals surface area contributed by atoms with Gasteiger partial charge in [-0.1, -0.05) is 15.9 Å². The van der Waals surface area contributed by atoms with Crippen molar-refractivity contribution in [3.8, 4) is 0 Å². The van der Waals surface area contributed by atoms with Gasteiger partial charge in [0.25, 0.3) is 0 Å². The van der Waals surface area contributed by atoms with E-state index in [1.165, 1.54) is 0 Å². The van der Waals surface area contributed by atoms with Gasteiger partial charge >= 0.3 is 6.03 Å². The van der Waals surface area contributed by atoms with Crippen molar-refractivity contribution >= 4 is 39.4 Å². The zero-order chi connectivity index (χ0) is 14.2. The fraction of sp³-hybridized carbons (Fsp3) is 0.214. The van der Waals surface area contributed by atoms with Crippen LogP contribution in [-0.2, 0) is 5.75 Å². The molecule has 2 amide bonds. The fourth-order valence-corrected chi connectivity index (χ4v) is 2.53. The van der Waals surface area contributed by atoms with E-state index in [1.54, 1.807) is 18.0 Å². The number of urea groups is 1. The van der Waals surface area contributed by atoms with E-state index in [9.17, 15) is 4.79 Å². The lowest BCUT2D eigenvalue weighted by atomic mass is 10.3. The average Bonchev–Trinajstić information content (AvgIpc) is 2.94. The minimum absolute atomic E-state index is 0.189. The maximum Gasteiger partial charge on any atom is 0.319 e. The van der Waals surface area contributed by atoms with Gasteiger partial charge in [-0.3, -0.25) is 0 Å². The molecule has 106 valence electrons. The summed E-state index contributed by atoms with van der Waals surface area (Å²) in [5.41, 5.74) is 0.772. The Labute approximate surface area is 130 Å². The summed E-state index contributed by atoms with van der Waals surface area (Å²) in [7, 11) is 0. The molecule has 20 heavy (non-hydrogen) atoms. The van der Waals surface area contributed by atoms with Gasteiger partial charge in [-0.15, -0.1) is 0 Å². The van der Waals surface area contributed by atoms with E-state index in [1.807, 2.05) is 36.4 Å². The molecule has 0 aliphatic heterocycles. The van der Waals surface area contributed by atoms with Crippen molar-refractivity contribution in [1.82, 2.24) is 5.32 Å². The lowest BCUT2D eigenvalue weighted by molar-refractivity contribution is 0.252. The molecule has 1 aromatic heterocycles. The topological polar surface area (TPSA) is 54.3 Å². The first-order valence-corrected chi connectivity index (χ1v) is 8.09. The number of carbonyl (C=O) groups excluding carboxylic acids is 1. The minimum atomic E-state index is -0.189. The molecule has 0 aliphatic carbocycles. The first kappa shape index (κ1) is 15.0. The maximum absolute atomic E-state index is 11.6. The highest BCUT2D eigenvalue weighted by molar-refractivity contribution is 9.10. The number of benzene rings is 1. The van der Waals surface area contributed by atoms with E-state index in [0.717, 1.165) is 27.4 Å². The molecule has 0 unspecified atom stereocenters. The largest absolute Gasteiger partial charge is 0.468 e. The summed E-state index contributed by atoms with van der Waals surface area (Å²) in [6, 6.07) is 11.1. The van der Waals surface area contributed by atoms with Gasteiger partial charge in [-0.05, 0) is 36.4 Å². The van der Waals surface area contributed by atoms with E-state index in [4.69, 9.17) is 4.42 Å². The fourth-order valence-electron chi connectivity index (χ4n) is 1.51. The second kappa shape index (κ2) is 8.01. The Kier molecular flexibility index (Phi) is 6.01. The number of nitrogens with one attached hydrogen (secondary N) is 2. The van der Waals surface area contributed by atoms with E-state index >= 15 is 0 Å². The van der Waals surface area contributed by atoms with Gasteiger partial charge in [0.1, 0.15) is 5.76 Å². The van der Waals surface area contributed by atoms with Crippen LogP contribution in [0.15, 0.2) is 51.6 Å². The standard InChI is InChI=1S/C14H15BrN2O2S/c15-11-3-5-12(6-4-11)17-14(18)16-7-9-20-10-13-2-1-8-19-13/h1-6,8H,7,9-10H2,(H2,16,17,18). The van der Waals surface area contributed by atoms with Crippen molar-refractivity contribution in [2.45, 2.75) is 5.75 Å². The molecule has 6 heteroatoms. The first-order chi connectivity index (χ1) is 9.74. The molecule has 0 aliphatic rings. The maximum atomic E-state index is 11.6. The zero-order valence-corrected chi connectivity index (χ0v) is 13.2. The molecular formula is C14H15BrN2O2S. The molecule has 0 saturated heterocycles. The molecule has 2 rings (SSSR count). The molecule has 2 N–H and O–H groups in total. The predicted molar refractivity (Wildman–Crippen MR) is 86.0 cm³/mol. The number of hydrogen-bond acceptors (Lipinski definition) is 3. The zero-order valence-electron chi connectivity index (χ0n) is 10.8. The second-order valence-electron chi connectivity index (χ2n) is 4.02. The van der Waals surface area contributed by atoms with Crippen LogP contribution >= 0.6 is 27.7 Å². The Morgan fingerprint density at radius 3 is 2.75 bits per heavy atom. The number of thioether (sulfide) groups is 1. The number of halogens is 1. The molecule has 0 bridgehead atoms. The molecule has 0 saturated carbocycles. The summed E-state index contributed by atoms with van der Waals surface area (Å²) in [6.07, 6.45) is 1.67. The third kappa shape index (κ3) is 5.30. The van der Waals surface area contributed by atoms with Crippen molar-refractivity contribution < 1.29 is 9.21 Å². The monoisotopic (exact) mass is 354 g/mol. The molecule has 0 spiro atoms. The van der Waals surface area contributed by atoms with Crippen molar-refractivity contribution in [2.75, 3.05) is 17.6 Å². The van der Waals surface area contributed by atoms with E-state index in [2.05, 4.69) is 26.6 Å². The SMILES string of the molecule is O=C(NCCSCc1ccco1)Nc1ccc(Br)cc1. The van der Waals surface area contributed by atoms with Crippen LogP contribution in [0.2, 0.25) is 0 Å². The van der Waals surface area contributed by atoms with Crippen molar-refractivity contribution in [3.63, 3.8) is 0 Å². The first-order valence-electron chi connectivity index (χ1n) is 6.14. The molecule has 1 heterocycles. The van der Waals surface area contributed by atoms with Crippen LogP contribution in [0.5, 0.6) is 0 Å². The summed E-state index contributed by atoms with van der Waals surface area (Å²) in [6.45, 7) is 0.619. The molecule has 0 atom stereocenters. The van der Waals surface area contributed by atoms with Crippen LogP contribution < -0.4 is 10.6 Å². The molecule has 0 fully saturated rings. The third-order valence-electron chi connectivity index (χ3n) is 2.46. The van der Waals surface area contributed by atoms with Gasteiger partial charge in [0.2, 0.25) is 0 Å². The molecule has 2 aromatic rings. The highest BCUT2D eigenvalue weighted by atomic mass is 79.9. The van der Waals surface area contributed by atoms with E-state index in [-0.39, 0.29) is 6.03 Å². The van der Waals surface area contributed by atoms with Gasteiger partial charge in [-0.2, -0.15) is 11.8 Å². The van der Waals surface area contributed by atoms with Crippen LogP contribution in [-0.4, -0.2) is 18.3 Å². The average molecular weight is 355 g/mol. The summed E-state index contributed by atoms with van der Waals surface area (Å²) in [4.78, 5) is 11.6. The van der Waals surface area contributed by atoms with Gasteiger partial charge in [-0.25, -0.2) is 4.79 Å². The molecule has 4 nitrogen and oxygen atoms in total. The van der Waals surface area contributed by atoms with Gasteiger partial charge in [0, 0.05) is 22.5 Å². The molecular weight excluding hydrogens is 340 g/mol. The third-order valence-corrected chi connectivity index (χ3v) is 3.97. The Morgan fingerprint density at radius 2 is 2.05 bits per heavy atom. The van der Waals surface area contributed by atoms with Gasteiger partial charge < -0.3 is 15.1 Å². The lowest BCUT2D eigenvalue weighted by Gasteiger charge is -2.07. The van der Waals surface area contributed by atoms with Crippen LogP contribution in [0, 0.1) is 0 Å². The summed E-state index contributed by atoms with van der Waals surface area (Å²) >= 11 is 5.07. The predicted octanol–water partition coefficient (Wildman–Crippen LogP) is 4.10. The van der Waals surface area contributed by atoms with Crippen molar-refractivity contribution in [1.29, 1.82) is 0 Å². The molecule has 0 radical (unpaired) electrons. The number of furan rings is 1. The van der Waals surface area contributed by atoms with E-state index in [0.29, 0.717) is 6.54 Å². The number of amides is 2. The van der Waals surface area contributed by atoms with Crippen LogP contribution in [0.25, 0.3) is 0 Å². The van der Waals surface area contributed by atoms with E-state index < -0.39 is 0 Å². The van der Waals surface area contributed by atoms with Crippen LogP contribution in [0.1, 0.15) is 5.76 Å². The Hall–Kier alpha value is -1.40. The minimum Gasteiger partial charge on any atom is -0.468 e. The normalized spacial score (nSPS) is 10.2. The van der Waals surface area contributed by atoms with Gasteiger partial charge in [0.05, 0.1) is 12.0 Å². The Balaban J connectivity index is 1.59. The van der Waals surface area contributed by atoms with Crippen molar-refractivity contribution in [3.05, 3.63) is 52.9 Å².